The molecule has 0 fully saturated rings. The predicted octanol–water partition coefficient (Wildman–Crippen LogP) is 2.90. The first-order valence-corrected chi connectivity index (χ1v) is 5.68. The van der Waals surface area contributed by atoms with Gasteiger partial charge in [-0.3, -0.25) is 4.79 Å². The van der Waals surface area contributed by atoms with E-state index >= 15 is 0 Å². The number of halogens is 1. The van der Waals surface area contributed by atoms with Crippen LogP contribution in [-0.2, 0) is 4.74 Å². The smallest absolute Gasteiger partial charge is 0.188 e. The maximum atomic E-state index is 11.5. The Balaban J connectivity index is 2.52. The lowest BCUT2D eigenvalue weighted by molar-refractivity contribution is 0.0761. The van der Waals surface area contributed by atoms with Crippen molar-refractivity contribution in [2.24, 2.45) is 0 Å². The van der Waals surface area contributed by atoms with Gasteiger partial charge in [0.05, 0.1) is 0 Å². The normalized spacial score (nSPS) is 10.1. The van der Waals surface area contributed by atoms with E-state index in [2.05, 4.69) is 22.6 Å². The molecule has 0 saturated heterocycles. The number of hydrogen-bond acceptors (Lipinski definition) is 2. The lowest BCUT2D eigenvalue weighted by Crippen LogP contribution is -2.09. The van der Waals surface area contributed by atoms with E-state index in [1.165, 1.54) is 0 Å². The van der Waals surface area contributed by atoms with Crippen molar-refractivity contribution >= 4 is 28.4 Å². The second kappa shape index (κ2) is 6.14. The molecule has 0 unspecified atom stereocenters. The van der Waals surface area contributed by atoms with Gasteiger partial charge in [0.25, 0.3) is 0 Å². The number of hydrogen-bond donors (Lipinski definition) is 0. The van der Waals surface area contributed by atoms with Crippen molar-refractivity contribution in [3.05, 3.63) is 33.4 Å². The van der Waals surface area contributed by atoms with Gasteiger partial charge in [0, 0.05) is 15.7 Å². The molecule has 14 heavy (non-hydrogen) atoms. The van der Waals surface area contributed by atoms with Crippen LogP contribution in [0.2, 0.25) is 0 Å². The Morgan fingerprint density at radius 1 is 1.50 bits per heavy atom. The Labute approximate surface area is 97.8 Å². The van der Waals surface area contributed by atoms with E-state index < -0.39 is 0 Å². The van der Waals surface area contributed by atoms with Crippen LogP contribution < -0.4 is 0 Å². The molecule has 76 valence electrons. The fourth-order valence-electron chi connectivity index (χ4n) is 1.05. The molecule has 0 aliphatic carbocycles. The number of ether oxygens (including phenoxy) is 1. The van der Waals surface area contributed by atoms with E-state index in [4.69, 9.17) is 4.74 Å². The average molecular weight is 304 g/mol. The zero-order valence-corrected chi connectivity index (χ0v) is 10.3. The summed E-state index contributed by atoms with van der Waals surface area (Å²) in [4.78, 5) is 11.5. The summed E-state index contributed by atoms with van der Waals surface area (Å²) in [6.07, 6.45) is 0.944. The average Bonchev–Trinajstić information content (AvgIpc) is 2.18. The summed E-state index contributed by atoms with van der Waals surface area (Å²) in [5.41, 5.74) is 0.730. The third kappa shape index (κ3) is 3.75. The van der Waals surface area contributed by atoms with Gasteiger partial charge in [0.1, 0.15) is 6.61 Å². The molecule has 0 radical (unpaired) electrons. The summed E-state index contributed by atoms with van der Waals surface area (Å²) < 4.78 is 6.26. The number of Topliss-reactive ketones (excluding diaryl/α,β-unsaturated/α-hetero) is 1. The van der Waals surface area contributed by atoms with Crippen molar-refractivity contribution in [1.29, 1.82) is 0 Å². The Morgan fingerprint density at radius 3 is 2.93 bits per heavy atom. The topological polar surface area (TPSA) is 26.3 Å². The van der Waals surface area contributed by atoms with Crippen molar-refractivity contribution in [1.82, 2.24) is 0 Å². The minimum atomic E-state index is 0.0527. The van der Waals surface area contributed by atoms with Crippen LogP contribution in [0, 0.1) is 3.57 Å². The van der Waals surface area contributed by atoms with E-state index in [0.717, 1.165) is 15.6 Å². The first-order valence-electron chi connectivity index (χ1n) is 4.60. The highest BCUT2D eigenvalue weighted by atomic mass is 127. The monoisotopic (exact) mass is 304 g/mol. The Morgan fingerprint density at radius 2 is 2.29 bits per heavy atom. The minimum Gasteiger partial charge on any atom is -0.373 e. The standard InChI is InChI=1S/C11H13IO2/c1-2-6-14-8-11(13)9-4-3-5-10(12)7-9/h3-5,7H,2,6,8H2,1H3. The van der Waals surface area contributed by atoms with Crippen molar-refractivity contribution in [2.45, 2.75) is 13.3 Å². The molecule has 0 N–H and O–H groups in total. The molecule has 3 heteroatoms. The minimum absolute atomic E-state index is 0.0527. The lowest BCUT2D eigenvalue weighted by atomic mass is 10.1. The molecule has 0 spiro atoms. The molecule has 1 aromatic carbocycles. The summed E-state index contributed by atoms with van der Waals surface area (Å²) in [6, 6.07) is 7.54. The van der Waals surface area contributed by atoms with Crippen LogP contribution >= 0.6 is 22.6 Å². The van der Waals surface area contributed by atoms with Gasteiger partial charge in [-0.05, 0) is 41.1 Å². The van der Waals surface area contributed by atoms with Crippen LogP contribution in [0.1, 0.15) is 23.7 Å². The molecule has 0 bridgehead atoms. The molecule has 1 rings (SSSR count). The molecule has 0 heterocycles. The molecule has 0 atom stereocenters. The summed E-state index contributed by atoms with van der Waals surface area (Å²) in [5, 5.41) is 0. The third-order valence-corrected chi connectivity index (χ3v) is 2.40. The fraction of sp³-hybridized carbons (Fsp3) is 0.364. The van der Waals surface area contributed by atoms with Gasteiger partial charge >= 0.3 is 0 Å². The molecular formula is C11H13IO2. The van der Waals surface area contributed by atoms with Gasteiger partial charge in [-0.2, -0.15) is 0 Å². The quantitative estimate of drug-likeness (QED) is 0.475. The number of carbonyl (C=O) groups is 1. The van der Waals surface area contributed by atoms with Gasteiger partial charge in [-0.1, -0.05) is 19.1 Å². The van der Waals surface area contributed by atoms with Crippen molar-refractivity contribution < 1.29 is 9.53 Å². The maximum absolute atomic E-state index is 11.5. The number of carbonyl (C=O) groups excluding carboxylic acids is 1. The van der Waals surface area contributed by atoms with Gasteiger partial charge < -0.3 is 4.74 Å². The number of rotatable bonds is 5. The molecule has 2 nitrogen and oxygen atoms in total. The maximum Gasteiger partial charge on any atom is 0.188 e. The number of ketones is 1. The zero-order chi connectivity index (χ0) is 10.4. The van der Waals surface area contributed by atoms with Crippen molar-refractivity contribution in [3.63, 3.8) is 0 Å². The Bertz CT molecular complexity index is 310. The molecule has 0 aromatic heterocycles. The van der Waals surface area contributed by atoms with E-state index in [1.807, 2.05) is 31.2 Å². The van der Waals surface area contributed by atoms with Crippen LogP contribution in [0.15, 0.2) is 24.3 Å². The SMILES string of the molecule is CCCOCC(=O)c1cccc(I)c1. The van der Waals surface area contributed by atoms with E-state index in [-0.39, 0.29) is 12.4 Å². The summed E-state index contributed by atoms with van der Waals surface area (Å²) >= 11 is 2.19. The molecule has 0 amide bonds. The molecule has 0 aliphatic heterocycles. The highest BCUT2D eigenvalue weighted by molar-refractivity contribution is 14.1. The fourth-order valence-corrected chi connectivity index (χ4v) is 1.60. The van der Waals surface area contributed by atoms with Crippen molar-refractivity contribution in [2.75, 3.05) is 13.2 Å². The molecular weight excluding hydrogens is 291 g/mol. The van der Waals surface area contributed by atoms with Gasteiger partial charge in [-0.15, -0.1) is 0 Å². The van der Waals surface area contributed by atoms with Crippen molar-refractivity contribution in [3.8, 4) is 0 Å². The van der Waals surface area contributed by atoms with Crippen LogP contribution in [-0.4, -0.2) is 19.0 Å². The third-order valence-electron chi connectivity index (χ3n) is 1.73. The summed E-state index contributed by atoms with van der Waals surface area (Å²) in [5.74, 6) is 0.0527. The van der Waals surface area contributed by atoms with Crippen LogP contribution in [0.25, 0.3) is 0 Å². The Kier molecular flexibility index (Phi) is 5.11. The molecule has 1 aromatic rings. The zero-order valence-electron chi connectivity index (χ0n) is 8.13. The highest BCUT2D eigenvalue weighted by Crippen LogP contribution is 2.08. The first kappa shape index (κ1) is 11.7. The lowest BCUT2D eigenvalue weighted by Gasteiger charge is -2.02. The van der Waals surface area contributed by atoms with E-state index in [9.17, 15) is 4.79 Å². The summed E-state index contributed by atoms with van der Waals surface area (Å²) in [6.45, 7) is 2.86. The second-order valence-corrected chi connectivity index (χ2v) is 4.23. The summed E-state index contributed by atoms with van der Waals surface area (Å²) in [7, 11) is 0. The largest absolute Gasteiger partial charge is 0.373 e. The van der Waals surface area contributed by atoms with Crippen LogP contribution in [0.5, 0.6) is 0 Å². The highest BCUT2D eigenvalue weighted by Gasteiger charge is 2.05. The van der Waals surface area contributed by atoms with Gasteiger partial charge in [0.2, 0.25) is 0 Å². The predicted molar refractivity (Wildman–Crippen MR) is 64.6 cm³/mol. The van der Waals surface area contributed by atoms with Gasteiger partial charge in [0.15, 0.2) is 5.78 Å². The van der Waals surface area contributed by atoms with Gasteiger partial charge in [-0.25, -0.2) is 0 Å². The van der Waals surface area contributed by atoms with E-state index in [1.54, 1.807) is 0 Å². The Hall–Kier alpha value is -0.420. The van der Waals surface area contributed by atoms with Crippen LogP contribution in [0.3, 0.4) is 0 Å². The molecule has 0 aliphatic rings. The van der Waals surface area contributed by atoms with E-state index in [0.29, 0.717) is 6.61 Å². The first-order chi connectivity index (χ1) is 6.74. The molecule has 0 saturated carbocycles. The second-order valence-electron chi connectivity index (χ2n) is 2.99. The van der Waals surface area contributed by atoms with Crippen LogP contribution in [0.4, 0.5) is 0 Å². The number of benzene rings is 1.